The number of rotatable bonds is 1. The Labute approximate surface area is 106 Å². The Balaban J connectivity index is 2.28. The van der Waals surface area contributed by atoms with E-state index in [1.165, 1.54) is 5.56 Å². The molecule has 0 radical (unpaired) electrons. The molecule has 3 rings (SSSR count). The SMILES string of the molecule is CC1(C)c2cc(B(O)O)ccc2-c2ncccc21. The van der Waals surface area contributed by atoms with E-state index < -0.39 is 7.12 Å². The summed E-state index contributed by atoms with van der Waals surface area (Å²) in [5.74, 6) is 0. The lowest BCUT2D eigenvalue weighted by Crippen LogP contribution is -2.31. The summed E-state index contributed by atoms with van der Waals surface area (Å²) in [4.78, 5) is 4.45. The minimum atomic E-state index is -1.43. The monoisotopic (exact) mass is 239 g/mol. The highest BCUT2D eigenvalue weighted by Crippen LogP contribution is 2.46. The summed E-state index contributed by atoms with van der Waals surface area (Å²) >= 11 is 0. The van der Waals surface area contributed by atoms with Crippen LogP contribution in [0.5, 0.6) is 0 Å². The Hall–Kier alpha value is -1.65. The third-order valence-electron chi connectivity index (χ3n) is 3.75. The van der Waals surface area contributed by atoms with Gasteiger partial charge in [0, 0.05) is 17.2 Å². The van der Waals surface area contributed by atoms with Gasteiger partial charge < -0.3 is 10.0 Å². The van der Waals surface area contributed by atoms with Gasteiger partial charge in [0.1, 0.15) is 0 Å². The van der Waals surface area contributed by atoms with Crippen LogP contribution >= 0.6 is 0 Å². The number of pyridine rings is 1. The van der Waals surface area contributed by atoms with Gasteiger partial charge in [-0.2, -0.15) is 0 Å². The van der Waals surface area contributed by atoms with E-state index in [0.29, 0.717) is 5.46 Å². The van der Waals surface area contributed by atoms with Crippen molar-refractivity contribution in [2.75, 3.05) is 0 Å². The number of fused-ring (bicyclic) bond motifs is 3. The lowest BCUT2D eigenvalue weighted by molar-refractivity contribution is 0.425. The van der Waals surface area contributed by atoms with E-state index >= 15 is 0 Å². The molecule has 0 saturated carbocycles. The van der Waals surface area contributed by atoms with Crippen LogP contribution in [0.25, 0.3) is 11.3 Å². The Kier molecular flexibility index (Phi) is 2.33. The molecule has 0 aliphatic heterocycles. The zero-order chi connectivity index (χ0) is 12.9. The van der Waals surface area contributed by atoms with E-state index in [0.717, 1.165) is 16.8 Å². The Morgan fingerprint density at radius 1 is 1.11 bits per heavy atom. The summed E-state index contributed by atoms with van der Waals surface area (Å²) in [6.45, 7) is 4.26. The largest absolute Gasteiger partial charge is 0.488 e. The molecule has 0 saturated heterocycles. The zero-order valence-corrected chi connectivity index (χ0v) is 10.4. The first kappa shape index (κ1) is 11.4. The predicted molar refractivity (Wildman–Crippen MR) is 71.6 cm³/mol. The lowest BCUT2D eigenvalue weighted by atomic mass is 9.75. The number of aromatic nitrogens is 1. The highest BCUT2D eigenvalue weighted by molar-refractivity contribution is 6.58. The maximum Gasteiger partial charge on any atom is 0.488 e. The second kappa shape index (κ2) is 3.67. The van der Waals surface area contributed by atoms with Crippen molar-refractivity contribution in [1.29, 1.82) is 0 Å². The molecule has 1 heterocycles. The van der Waals surface area contributed by atoms with Gasteiger partial charge in [0.2, 0.25) is 0 Å². The van der Waals surface area contributed by atoms with Gasteiger partial charge in [0.25, 0.3) is 0 Å². The van der Waals surface area contributed by atoms with Gasteiger partial charge in [-0.05, 0) is 22.7 Å². The normalized spacial score (nSPS) is 15.1. The van der Waals surface area contributed by atoms with Gasteiger partial charge in [-0.15, -0.1) is 0 Å². The second-order valence-electron chi connectivity index (χ2n) is 5.20. The molecule has 0 bridgehead atoms. The van der Waals surface area contributed by atoms with Crippen LogP contribution in [0, 0.1) is 0 Å². The van der Waals surface area contributed by atoms with Gasteiger partial charge in [-0.25, -0.2) is 0 Å². The Morgan fingerprint density at radius 2 is 1.89 bits per heavy atom. The highest BCUT2D eigenvalue weighted by atomic mass is 16.4. The molecular weight excluding hydrogens is 225 g/mol. The van der Waals surface area contributed by atoms with Crippen LogP contribution in [-0.4, -0.2) is 22.2 Å². The molecule has 1 aromatic heterocycles. The van der Waals surface area contributed by atoms with Gasteiger partial charge >= 0.3 is 7.12 Å². The smallest absolute Gasteiger partial charge is 0.423 e. The first-order valence-electron chi connectivity index (χ1n) is 5.98. The molecule has 2 aromatic rings. The fraction of sp³-hybridized carbons (Fsp3) is 0.214. The summed E-state index contributed by atoms with van der Waals surface area (Å²) in [7, 11) is -1.43. The van der Waals surface area contributed by atoms with Crippen molar-refractivity contribution < 1.29 is 10.0 Å². The molecule has 1 aromatic carbocycles. The molecule has 1 aliphatic rings. The van der Waals surface area contributed by atoms with Crippen LogP contribution in [0.3, 0.4) is 0 Å². The molecule has 0 fully saturated rings. The van der Waals surface area contributed by atoms with E-state index in [2.05, 4.69) is 24.9 Å². The average molecular weight is 239 g/mol. The van der Waals surface area contributed by atoms with E-state index in [9.17, 15) is 10.0 Å². The van der Waals surface area contributed by atoms with Gasteiger partial charge in [0.05, 0.1) is 5.69 Å². The first-order valence-corrected chi connectivity index (χ1v) is 5.98. The summed E-state index contributed by atoms with van der Waals surface area (Å²) < 4.78 is 0. The van der Waals surface area contributed by atoms with Gasteiger partial charge in [-0.1, -0.05) is 38.1 Å². The molecule has 0 atom stereocenters. The molecule has 4 heteroatoms. The van der Waals surface area contributed by atoms with E-state index in [4.69, 9.17) is 0 Å². The van der Waals surface area contributed by atoms with E-state index in [-0.39, 0.29) is 5.41 Å². The molecule has 0 amide bonds. The van der Waals surface area contributed by atoms with Gasteiger partial charge in [0.15, 0.2) is 0 Å². The summed E-state index contributed by atoms with van der Waals surface area (Å²) in [6.07, 6.45) is 1.79. The zero-order valence-electron chi connectivity index (χ0n) is 10.4. The Morgan fingerprint density at radius 3 is 2.61 bits per heavy atom. The van der Waals surface area contributed by atoms with Crippen molar-refractivity contribution in [3.63, 3.8) is 0 Å². The number of hydrogen-bond acceptors (Lipinski definition) is 3. The molecular formula is C14H14BNO2. The van der Waals surface area contributed by atoms with Crippen LogP contribution < -0.4 is 5.46 Å². The van der Waals surface area contributed by atoms with E-state index in [1.54, 1.807) is 12.3 Å². The van der Waals surface area contributed by atoms with E-state index in [1.807, 2.05) is 18.2 Å². The molecule has 1 aliphatic carbocycles. The minimum Gasteiger partial charge on any atom is -0.423 e. The quantitative estimate of drug-likeness (QED) is 0.732. The molecule has 90 valence electrons. The van der Waals surface area contributed by atoms with Crippen LogP contribution in [0.4, 0.5) is 0 Å². The molecule has 2 N–H and O–H groups in total. The van der Waals surface area contributed by atoms with Crippen LogP contribution in [0.2, 0.25) is 0 Å². The van der Waals surface area contributed by atoms with Crippen molar-refractivity contribution in [3.05, 3.63) is 47.7 Å². The minimum absolute atomic E-state index is 0.149. The van der Waals surface area contributed by atoms with Crippen molar-refractivity contribution in [2.45, 2.75) is 19.3 Å². The Bertz CT molecular complexity index is 623. The second-order valence-corrected chi connectivity index (χ2v) is 5.20. The number of benzene rings is 1. The maximum atomic E-state index is 9.28. The average Bonchev–Trinajstić information content (AvgIpc) is 2.59. The maximum absolute atomic E-state index is 9.28. The summed E-state index contributed by atoms with van der Waals surface area (Å²) in [5, 5.41) is 18.6. The van der Waals surface area contributed by atoms with Crippen molar-refractivity contribution >= 4 is 12.6 Å². The topological polar surface area (TPSA) is 53.4 Å². The first-order chi connectivity index (χ1) is 8.51. The van der Waals surface area contributed by atoms with Crippen molar-refractivity contribution in [1.82, 2.24) is 4.98 Å². The predicted octanol–water partition coefficient (Wildman–Crippen LogP) is 1.07. The van der Waals surface area contributed by atoms with Crippen LogP contribution in [0.15, 0.2) is 36.5 Å². The third kappa shape index (κ3) is 1.43. The highest BCUT2D eigenvalue weighted by Gasteiger charge is 2.36. The van der Waals surface area contributed by atoms with Crippen molar-refractivity contribution in [3.8, 4) is 11.3 Å². The number of nitrogens with zero attached hydrogens (tertiary/aromatic N) is 1. The van der Waals surface area contributed by atoms with Crippen LogP contribution in [0.1, 0.15) is 25.0 Å². The summed E-state index contributed by atoms with van der Waals surface area (Å²) in [6, 6.07) is 9.54. The fourth-order valence-electron chi connectivity index (χ4n) is 2.72. The number of hydrogen-bond donors (Lipinski definition) is 2. The molecule has 0 spiro atoms. The lowest BCUT2D eigenvalue weighted by Gasteiger charge is -2.21. The molecule has 0 unspecified atom stereocenters. The van der Waals surface area contributed by atoms with Crippen LogP contribution in [-0.2, 0) is 5.41 Å². The standard InChI is InChI=1S/C14H14BNO2/c1-14(2)11-4-3-7-16-13(11)10-6-5-9(15(17)18)8-12(10)14/h3-8,17-18H,1-2H3. The molecule has 3 nitrogen and oxygen atoms in total. The van der Waals surface area contributed by atoms with Crippen molar-refractivity contribution in [2.24, 2.45) is 0 Å². The van der Waals surface area contributed by atoms with Gasteiger partial charge in [-0.3, -0.25) is 4.98 Å². The molecule has 18 heavy (non-hydrogen) atoms. The fourth-order valence-corrected chi connectivity index (χ4v) is 2.72. The summed E-state index contributed by atoms with van der Waals surface area (Å²) in [5.41, 5.74) is 4.74. The third-order valence-corrected chi connectivity index (χ3v) is 3.75.